The fraction of sp³-hybridized carbons (Fsp3) is 0.650. The first-order valence-corrected chi connectivity index (χ1v) is 12.8. The van der Waals surface area contributed by atoms with Crippen LogP contribution >= 0.6 is 0 Å². The van der Waals surface area contributed by atoms with Crippen molar-refractivity contribution >= 4 is 27.1 Å². The standard InChI is InChI=1S/C20H31NO5S2/c1-20(2,3)26-19(22)21-13-11-16(12-14-21)6-5-15-27(23)17-7-9-18(10-8-17)28(4,24)25/h7-10,16H,5-6,11-15H2,1-4H3. The van der Waals surface area contributed by atoms with Crippen LogP contribution in [0.2, 0.25) is 0 Å². The Bertz CT molecular complexity index is 748. The maximum Gasteiger partial charge on any atom is 0.410 e. The highest BCUT2D eigenvalue weighted by atomic mass is 32.2. The van der Waals surface area contributed by atoms with E-state index in [1.807, 2.05) is 20.8 Å². The van der Waals surface area contributed by atoms with Crippen molar-refractivity contribution < 1.29 is 22.5 Å². The Balaban J connectivity index is 1.72. The molecular formula is C20H31NO5S2. The topological polar surface area (TPSA) is 86.7 Å². The van der Waals surface area contributed by atoms with E-state index in [9.17, 15) is 17.8 Å². The van der Waals surface area contributed by atoms with Gasteiger partial charge in [0.05, 0.1) is 4.90 Å². The predicted molar refractivity (Wildman–Crippen MR) is 111 cm³/mol. The van der Waals surface area contributed by atoms with Crippen molar-refractivity contribution in [3.05, 3.63) is 24.3 Å². The summed E-state index contributed by atoms with van der Waals surface area (Å²) in [6.07, 6.45) is 4.62. The lowest BCUT2D eigenvalue weighted by Gasteiger charge is -2.33. The molecule has 1 aliphatic heterocycles. The summed E-state index contributed by atoms with van der Waals surface area (Å²) in [4.78, 5) is 14.8. The Morgan fingerprint density at radius 2 is 1.79 bits per heavy atom. The summed E-state index contributed by atoms with van der Waals surface area (Å²) < 4.78 is 40.8. The number of carbonyl (C=O) groups excluding carboxylic acids is 1. The van der Waals surface area contributed by atoms with E-state index in [0.717, 1.165) is 31.9 Å². The molecule has 1 heterocycles. The summed E-state index contributed by atoms with van der Waals surface area (Å²) in [5.74, 6) is 1.09. The highest BCUT2D eigenvalue weighted by Crippen LogP contribution is 2.24. The molecule has 1 aliphatic rings. The normalized spacial score (nSPS) is 17.4. The first-order valence-electron chi connectivity index (χ1n) is 9.62. The number of amides is 1. The zero-order valence-corrected chi connectivity index (χ0v) is 18.8. The van der Waals surface area contributed by atoms with Crippen molar-refractivity contribution in [1.29, 1.82) is 0 Å². The molecule has 6 nitrogen and oxygen atoms in total. The molecule has 0 radical (unpaired) electrons. The fourth-order valence-electron chi connectivity index (χ4n) is 3.19. The van der Waals surface area contributed by atoms with Crippen LogP contribution in [0.1, 0.15) is 46.5 Å². The van der Waals surface area contributed by atoms with Gasteiger partial charge in [0.1, 0.15) is 11.4 Å². The molecule has 0 saturated carbocycles. The third kappa shape index (κ3) is 7.29. The van der Waals surface area contributed by atoms with Crippen LogP contribution in [0.25, 0.3) is 0 Å². The van der Waals surface area contributed by atoms with Crippen LogP contribution in [0.3, 0.4) is 0 Å². The molecule has 1 unspecified atom stereocenters. The van der Waals surface area contributed by atoms with E-state index in [-0.39, 0.29) is 11.0 Å². The van der Waals surface area contributed by atoms with Crippen molar-refractivity contribution in [2.24, 2.45) is 5.92 Å². The monoisotopic (exact) mass is 429 g/mol. The maximum absolute atomic E-state index is 12.4. The van der Waals surface area contributed by atoms with Crippen LogP contribution < -0.4 is 0 Å². The maximum atomic E-state index is 12.4. The Hall–Kier alpha value is -1.25. The molecule has 1 amide bonds. The Labute approximate surface area is 171 Å². The molecule has 0 aromatic heterocycles. The van der Waals surface area contributed by atoms with Crippen molar-refractivity contribution in [3.63, 3.8) is 0 Å². The average Bonchev–Trinajstić information content (AvgIpc) is 2.60. The summed E-state index contributed by atoms with van der Waals surface area (Å²) in [6, 6.07) is 6.28. The largest absolute Gasteiger partial charge is 0.611 e. The summed E-state index contributed by atoms with van der Waals surface area (Å²) in [6.45, 7) is 7.01. The van der Waals surface area contributed by atoms with Gasteiger partial charge < -0.3 is 14.2 Å². The van der Waals surface area contributed by atoms with E-state index in [1.54, 1.807) is 17.0 Å². The van der Waals surface area contributed by atoms with Gasteiger partial charge >= 0.3 is 6.09 Å². The van der Waals surface area contributed by atoms with Crippen LogP contribution in [0.4, 0.5) is 4.79 Å². The van der Waals surface area contributed by atoms with E-state index in [4.69, 9.17) is 4.74 Å². The summed E-state index contributed by atoms with van der Waals surface area (Å²) in [5.41, 5.74) is -0.475. The molecule has 1 atom stereocenters. The quantitative estimate of drug-likeness (QED) is 0.645. The first kappa shape index (κ1) is 23.0. The Morgan fingerprint density at radius 1 is 1.21 bits per heavy atom. The highest BCUT2D eigenvalue weighted by molar-refractivity contribution is 7.91. The molecule has 1 fully saturated rings. The van der Waals surface area contributed by atoms with E-state index >= 15 is 0 Å². The lowest BCUT2D eigenvalue weighted by molar-refractivity contribution is 0.0181. The first-order chi connectivity index (χ1) is 13.0. The zero-order chi connectivity index (χ0) is 20.9. The van der Waals surface area contributed by atoms with Crippen molar-refractivity contribution in [2.75, 3.05) is 25.1 Å². The number of nitrogens with zero attached hydrogens (tertiary/aromatic N) is 1. The summed E-state index contributed by atoms with van der Waals surface area (Å²) in [7, 11) is -3.23. The van der Waals surface area contributed by atoms with Crippen LogP contribution in [-0.2, 0) is 25.7 Å². The Kier molecular flexibility index (Phi) is 7.81. The number of ether oxygens (including phenoxy) is 1. The van der Waals surface area contributed by atoms with Crippen molar-refractivity contribution in [1.82, 2.24) is 4.90 Å². The van der Waals surface area contributed by atoms with Gasteiger partial charge in [0.2, 0.25) is 0 Å². The number of hydrogen-bond donors (Lipinski definition) is 0. The van der Waals surface area contributed by atoms with Crippen LogP contribution in [0, 0.1) is 5.92 Å². The number of likely N-dealkylation sites (tertiary alicyclic amines) is 1. The minimum absolute atomic E-state index is 0.241. The number of sulfone groups is 1. The van der Waals surface area contributed by atoms with Gasteiger partial charge in [-0.2, -0.15) is 0 Å². The fourth-order valence-corrected chi connectivity index (χ4v) is 4.92. The highest BCUT2D eigenvalue weighted by Gasteiger charge is 2.27. The second kappa shape index (κ2) is 9.50. The average molecular weight is 430 g/mol. The van der Waals surface area contributed by atoms with Gasteiger partial charge in [-0.25, -0.2) is 13.2 Å². The molecule has 0 spiro atoms. The minimum Gasteiger partial charge on any atom is -0.611 e. The smallest absolute Gasteiger partial charge is 0.410 e. The van der Waals surface area contributed by atoms with Gasteiger partial charge in [-0.3, -0.25) is 0 Å². The number of rotatable bonds is 6. The lowest BCUT2D eigenvalue weighted by Crippen LogP contribution is -2.41. The van der Waals surface area contributed by atoms with Crippen LogP contribution in [0.5, 0.6) is 0 Å². The second-order valence-electron chi connectivity index (χ2n) is 8.35. The zero-order valence-electron chi connectivity index (χ0n) is 17.1. The van der Waals surface area contributed by atoms with Crippen LogP contribution in [-0.4, -0.2) is 54.7 Å². The van der Waals surface area contributed by atoms with Crippen molar-refractivity contribution in [2.45, 2.75) is 61.8 Å². The molecule has 28 heavy (non-hydrogen) atoms. The van der Waals surface area contributed by atoms with E-state index in [0.29, 0.717) is 29.7 Å². The summed E-state index contributed by atoms with van der Waals surface area (Å²) >= 11 is -1.13. The number of carbonyl (C=O) groups is 1. The van der Waals surface area contributed by atoms with Gasteiger partial charge in [0.15, 0.2) is 14.7 Å². The second-order valence-corrected chi connectivity index (χ2v) is 11.9. The van der Waals surface area contributed by atoms with Crippen molar-refractivity contribution in [3.8, 4) is 0 Å². The molecule has 1 aromatic rings. The lowest BCUT2D eigenvalue weighted by atomic mass is 9.93. The van der Waals surface area contributed by atoms with Gasteiger partial charge in [-0.05, 0) is 87.8 Å². The van der Waals surface area contributed by atoms with E-state index in [1.165, 1.54) is 12.1 Å². The molecule has 0 bridgehead atoms. The minimum atomic E-state index is -3.23. The molecule has 0 aliphatic carbocycles. The van der Waals surface area contributed by atoms with Gasteiger partial charge in [-0.1, -0.05) is 0 Å². The number of hydrogen-bond acceptors (Lipinski definition) is 5. The molecule has 158 valence electrons. The summed E-state index contributed by atoms with van der Waals surface area (Å²) in [5, 5.41) is 0. The van der Waals surface area contributed by atoms with Gasteiger partial charge in [-0.15, -0.1) is 0 Å². The van der Waals surface area contributed by atoms with Gasteiger partial charge in [0, 0.05) is 19.3 Å². The number of piperidine rings is 1. The molecule has 2 rings (SSSR count). The number of benzene rings is 1. The van der Waals surface area contributed by atoms with E-state index < -0.39 is 26.6 Å². The third-order valence-electron chi connectivity index (χ3n) is 4.72. The van der Waals surface area contributed by atoms with Crippen LogP contribution in [0.15, 0.2) is 34.1 Å². The third-order valence-corrected chi connectivity index (χ3v) is 7.31. The Morgan fingerprint density at radius 3 is 2.29 bits per heavy atom. The molecule has 1 aromatic carbocycles. The molecular weight excluding hydrogens is 398 g/mol. The SMILES string of the molecule is CC(C)(C)OC(=O)N1CCC(CCC[S+]([O-])c2ccc(S(C)(=O)=O)cc2)CC1. The van der Waals surface area contributed by atoms with Gasteiger partial charge in [0.25, 0.3) is 0 Å². The molecule has 0 N–H and O–H groups in total. The molecule has 8 heteroatoms. The predicted octanol–water partition coefficient (Wildman–Crippen LogP) is 3.63. The molecule has 1 saturated heterocycles. The van der Waals surface area contributed by atoms with E-state index in [2.05, 4.69) is 0 Å².